The molecule has 86 valence electrons. The molecule has 1 rings (SSSR count). The van der Waals surface area contributed by atoms with E-state index in [1.54, 1.807) is 0 Å². The Kier molecular flexibility index (Phi) is 5.23. The van der Waals surface area contributed by atoms with Crippen LogP contribution in [0.4, 0.5) is 13.9 Å². The van der Waals surface area contributed by atoms with E-state index in [0.717, 1.165) is 0 Å². The van der Waals surface area contributed by atoms with Gasteiger partial charge in [0.1, 0.15) is 0 Å². The molecule has 1 aromatic heterocycles. The normalized spacial score (nSPS) is 12.1. The van der Waals surface area contributed by atoms with E-state index in [1.165, 1.54) is 19.0 Å². The molecule has 0 amide bonds. The third kappa shape index (κ3) is 3.08. The van der Waals surface area contributed by atoms with Crippen molar-refractivity contribution in [1.29, 1.82) is 0 Å². The van der Waals surface area contributed by atoms with Gasteiger partial charge in [0.05, 0.1) is 0 Å². The van der Waals surface area contributed by atoms with Gasteiger partial charge >= 0.3 is 34.8 Å². The molecule has 0 saturated heterocycles. The van der Waals surface area contributed by atoms with Gasteiger partial charge in [-0.1, -0.05) is 11.3 Å². The van der Waals surface area contributed by atoms with Crippen molar-refractivity contribution in [3.05, 3.63) is 5.01 Å². The summed E-state index contributed by atoms with van der Waals surface area (Å²) in [5, 5.41) is 0.718. The van der Waals surface area contributed by atoms with Crippen LogP contribution in [-0.4, -0.2) is 37.3 Å². The Balaban J connectivity index is 0.00000225. The molecule has 0 unspecified atom stereocenters. The van der Waals surface area contributed by atoms with E-state index in [9.17, 15) is 21.8 Å². The molecular formula is C5H6F2N3NaO3S2. The molecule has 0 spiro atoms. The molecule has 0 saturated carbocycles. The second-order valence-corrected chi connectivity index (χ2v) is 5.13. The minimum Gasteiger partial charge on any atom is -0.743 e. The SMILES string of the molecule is CN(C)c1nnc(C(F)(F)S(=O)(=O)[O-])s1.[Na+]. The zero-order valence-corrected chi connectivity index (χ0v) is 12.3. The molecule has 1 heterocycles. The summed E-state index contributed by atoms with van der Waals surface area (Å²) in [5.41, 5.74) is 0. The number of rotatable bonds is 3. The van der Waals surface area contributed by atoms with Gasteiger partial charge in [-0.05, 0) is 0 Å². The maximum Gasteiger partial charge on any atom is 1.00 e. The van der Waals surface area contributed by atoms with Gasteiger partial charge in [0, 0.05) is 14.1 Å². The Bertz CT molecular complexity index is 461. The van der Waals surface area contributed by atoms with E-state index in [4.69, 9.17) is 0 Å². The third-order valence-corrected chi connectivity index (χ3v) is 3.47. The fourth-order valence-electron chi connectivity index (χ4n) is 0.621. The van der Waals surface area contributed by atoms with Crippen LogP contribution in [0.1, 0.15) is 5.01 Å². The van der Waals surface area contributed by atoms with Gasteiger partial charge in [0.15, 0.2) is 10.1 Å². The second-order valence-electron chi connectivity index (χ2n) is 2.76. The molecule has 0 fully saturated rings. The number of hydrogen-bond donors (Lipinski definition) is 0. The van der Waals surface area contributed by atoms with Crippen molar-refractivity contribution < 1.29 is 51.3 Å². The summed E-state index contributed by atoms with van der Waals surface area (Å²) in [6.45, 7) is 0. The first kappa shape index (κ1) is 16.1. The van der Waals surface area contributed by atoms with Crippen molar-refractivity contribution in [3.8, 4) is 0 Å². The molecule has 0 aliphatic carbocycles. The average molecular weight is 281 g/mol. The molecule has 0 aliphatic rings. The minimum absolute atomic E-state index is 0. The van der Waals surface area contributed by atoms with Gasteiger partial charge < -0.3 is 9.45 Å². The van der Waals surface area contributed by atoms with Crippen LogP contribution in [0.15, 0.2) is 0 Å². The summed E-state index contributed by atoms with van der Waals surface area (Å²) in [6.07, 6.45) is 0. The number of halogens is 2. The zero-order valence-electron chi connectivity index (χ0n) is 8.64. The van der Waals surface area contributed by atoms with E-state index >= 15 is 0 Å². The predicted octanol–water partition coefficient (Wildman–Crippen LogP) is -2.80. The molecule has 0 N–H and O–H groups in total. The number of nitrogens with zero attached hydrogens (tertiary/aromatic N) is 3. The van der Waals surface area contributed by atoms with Gasteiger partial charge in [-0.3, -0.25) is 0 Å². The molecule has 0 radical (unpaired) electrons. The molecule has 6 nitrogen and oxygen atoms in total. The van der Waals surface area contributed by atoms with Crippen molar-refractivity contribution in [2.45, 2.75) is 5.25 Å². The van der Waals surface area contributed by atoms with Gasteiger partial charge in [-0.15, -0.1) is 10.2 Å². The first-order chi connectivity index (χ1) is 6.66. The molecule has 16 heavy (non-hydrogen) atoms. The molecule has 11 heteroatoms. The monoisotopic (exact) mass is 281 g/mol. The maximum absolute atomic E-state index is 12.9. The first-order valence-electron chi connectivity index (χ1n) is 3.51. The van der Waals surface area contributed by atoms with Crippen LogP contribution in [0.25, 0.3) is 0 Å². The zero-order chi connectivity index (χ0) is 11.9. The topological polar surface area (TPSA) is 86.2 Å². The summed E-state index contributed by atoms with van der Waals surface area (Å²) in [7, 11) is -2.72. The summed E-state index contributed by atoms with van der Waals surface area (Å²) in [4.78, 5) is 1.37. The van der Waals surface area contributed by atoms with Gasteiger partial charge in [-0.2, -0.15) is 8.78 Å². The molecular weight excluding hydrogens is 275 g/mol. The van der Waals surface area contributed by atoms with Crippen LogP contribution in [-0.2, 0) is 15.4 Å². The van der Waals surface area contributed by atoms with Gasteiger partial charge in [-0.25, -0.2) is 8.42 Å². The van der Waals surface area contributed by atoms with Crippen LogP contribution in [0.5, 0.6) is 0 Å². The van der Waals surface area contributed by atoms with Crippen molar-refractivity contribution in [1.82, 2.24) is 10.2 Å². The van der Waals surface area contributed by atoms with E-state index in [1.807, 2.05) is 0 Å². The molecule has 0 bridgehead atoms. The smallest absolute Gasteiger partial charge is 0.743 e. The predicted molar refractivity (Wildman–Crippen MR) is 47.8 cm³/mol. The Hall–Kier alpha value is 0.130. The minimum atomic E-state index is -5.76. The fourth-order valence-corrected chi connectivity index (χ4v) is 1.94. The quantitative estimate of drug-likeness (QED) is 0.439. The second kappa shape index (κ2) is 5.19. The molecule has 0 aliphatic heterocycles. The summed E-state index contributed by atoms with van der Waals surface area (Å²) < 4.78 is 56.6. The number of hydrogen-bond acceptors (Lipinski definition) is 7. The Morgan fingerprint density at radius 1 is 1.38 bits per heavy atom. The van der Waals surface area contributed by atoms with Gasteiger partial charge in [0.25, 0.3) is 0 Å². The van der Waals surface area contributed by atoms with E-state index in [0.29, 0.717) is 11.3 Å². The Morgan fingerprint density at radius 3 is 2.19 bits per heavy atom. The van der Waals surface area contributed by atoms with E-state index in [2.05, 4.69) is 10.2 Å². The third-order valence-electron chi connectivity index (χ3n) is 1.36. The number of anilines is 1. The van der Waals surface area contributed by atoms with Crippen LogP contribution in [0, 0.1) is 0 Å². The van der Waals surface area contributed by atoms with Crippen LogP contribution in [0.3, 0.4) is 0 Å². The summed E-state index contributed by atoms with van der Waals surface area (Å²) >= 11 is 0.349. The standard InChI is InChI=1S/C5H7F2N3O3S2.Na/c1-10(2)4-9-8-3(14-4)5(6,7)15(11,12)13;/h1-2H3,(H,11,12,13);/q;+1/p-1. The van der Waals surface area contributed by atoms with Crippen molar-refractivity contribution >= 4 is 26.6 Å². The van der Waals surface area contributed by atoms with E-state index < -0.39 is 20.4 Å². The number of aromatic nitrogens is 2. The largest absolute Gasteiger partial charge is 1.00 e. The molecule has 0 aromatic carbocycles. The Morgan fingerprint density at radius 2 is 1.88 bits per heavy atom. The molecule has 0 atom stereocenters. The van der Waals surface area contributed by atoms with Crippen molar-refractivity contribution in [3.63, 3.8) is 0 Å². The maximum atomic E-state index is 12.9. The summed E-state index contributed by atoms with van der Waals surface area (Å²) in [6, 6.07) is 0. The molecule has 1 aromatic rings. The van der Waals surface area contributed by atoms with E-state index in [-0.39, 0.29) is 34.7 Å². The number of alkyl halides is 2. The van der Waals surface area contributed by atoms with Crippen LogP contribution < -0.4 is 34.5 Å². The van der Waals surface area contributed by atoms with Gasteiger partial charge in [0.2, 0.25) is 10.1 Å². The Labute approximate surface area is 117 Å². The van der Waals surface area contributed by atoms with Crippen molar-refractivity contribution in [2.24, 2.45) is 0 Å². The van der Waals surface area contributed by atoms with Crippen molar-refractivity contribution in [2.75, 3.05) is 19.0 Å². The average Bonchev–Trinajstić information content (AvgIpc) is 2.49. The fraction of sp³-hybridized carbons (Fsp3) is 0.600. The van der Waals surface area contributed by atoms with Crippen LogP contribution >= 0.6 is 11.3 Å². The first-order valence-corrected chi connectivity index (χ1v) is 5.73. The van der Waals surface area contributed by atoms with Crippen LogP contribution in [0.2, 0.25) is 0 Å². The summed E-state index contributed by atoms with van der Waals surface area (Å²) in [5.74, 6) is 0.